The minimum Gasteiger partial charge on any atom is -0.197 e. The van der Waals surface area contributed by atoms with Gasteiger partial charge in [-0.15, -0.1) is 0 Å². The van der Waals surface area contributed by atoms with Crippen LogP contribution in [-0.4, -0.2) is 0 Å². The zero-order valence-corrected chi connectivity index (χ0v) is 6.80. The SMILES string of the molecule is CC(C#N)(C#N)C1CCCC1. The zero-order valence-electron chi connectivity index (χ0n) is 6.80. The van der Waals surface area contributed by atoms with E-state index in [1.165, 1.54) is 12.8 Å². The zero-order chi connectivity index (χ0) is 8.32. The number of hydrogen-bond acceptors (Lipinski definition) is 2. The van der Waals surface area contributed by atoms with Crippen molar-refractivity contribution < 1.29 is 0 Å². The van der Waals surface area contributed by atoms with Crippen LogP contribution in [0, 0.1) is 34.0 Å². The fraction of sp³-hybridized carbons (Fsp3) is 0.778. The van der Waals surface area contributed by atoms with E-state index < -0.39 is 5.41 Å². The maximum Gasteiger partial charge on any atom is 0.143 e. The molecule has 1 aliphatic carbocycles. The van der Waals surface area contributed by atoms with Crippen molar-refractivity contribution in [3.8, 4) is 12.1 Å². The summed E-state index contributed by atoms with van der Waals surface area (Å²) < 4.78 is 0. The second-order valence-electron chi connectivity index (χ2n) is 3.41. The predicted molar refractivity (Wildman–Crippen MR) is 41.3 cm³/mol. The third-order valence-electron chi connectivity index (χ3n) is 2.64. The lowest BCUT2D eigenvalue weighted by Gasteiger charge is -2.19. The van der Waals surface area contributed by atoms with Crippen LogP contribution in [0.4, 0.5) is 0 Å². The van der Waals surface area contributed by atoms with Crippen molar-refractivity contribution in [2.75, 3.05) is 0 Å². The summed E-state index contributed by atoms with van der Waals surface area (Å²) in [4.78, 5) is 0. The van der Waals surface area contributed by atoms with Crippen LogP contribution >= 0.6 is 0 Å². The Hall–Kier alpha value is -1.02. The van der Waals surface area contributed by atoms with E-state index in [-0.39, 0.29) is 0 Å². The van der Waals surface area contributed by atoms with E-state index in [2.05, 4.69) is 12.1 Å². The first-order valence-corrected chi connectivity index (χ1v) is 4.05. The van der Waals surface area contributed by atoms with Gasteiger partial charge >= 0.3 is 0 Å². The van der Waals surface area contributed by atoms with Gasteiger partial charge in [0.2, 0.25) is 0 Å². The van der Waals surface area contributed by atoms with Crippen LogP contribution in [0.3, 0.4) is 0 Å². The first-order chi connectivity index (χ1) is 5.23. The molecule has 11 heavy (non-hydrogen) atoms. The molecule has 0 bridgehead atoms. The van der Waals surface area contributed by atoms with Gasteiger partial charge in [0.05, 0.1) is 12.1 Å². The maximum atomic E-state index is 8.77. The molecule has 0 heterocycles. The average Bonchev–Trinajstić information content (AvgIpc) is 2.55. The molecule has 2 nitrogen and oxygen atoms in total. The van der Waals surface area contributed by atoms with Gasteiger partial charge in [-0.2, -0.15) is 10.5 Å². The summed E-state index contributed by atoms with van der Waals surface area (Å²) >= 11 is 0. The Morgan fingerprint density at radius 1 is 1.18 bits per heavy atom. The molecule has 0 radical (unpaired) electrons. The Bertz CT molecular complexity index is 199. The van der Waals surface area contributed by atoms with Crippen LogP contribution in [0.25, 0.3) is 0 Å². The molecule has 2 heteroatoms. The quantitative estimate of drug-likeness (QED) is 0.572. The Kier molecular flexibility index (Phi) is 2.15. The van der Waals surface area contributed by atoms with E-state index in [1.807, 2.05) is 0 Å². The molecule has 0 N–H and O–H groups in total. The lowest BCUT2D eigenvalue weighted by molar-refractivity contribution is 0.353. The number of nitriles is 2. The number of nitrogens with zero attached hydrogens (tertiary/aromatic N) is 2. The topological polar surface area (TPSA) is 47.6 Å². The minimum atomic E-state index is -0.726. The Morgan fingerprint density at radius 2 is 1.64 bits per heavy atom. The van der Waals surface area contributed by atoms with E-state index in [0.29, 0.717) is 5.92 Å². The Morgan fingerprint density at radius 3 is 2.00 bits per heavy atom. The molecule has 1 fully saturated rings. The fourth-order valence-corrected chi connectivity index (χ4v) is 1.71. The van der Waals surface area contributed by atoms with E-state index in [1.54, 1.807) is 6.92 Å². The van der Waals surface area contributed by atoms with Gasteiger partial charge in [0, 0.05) is 0 Å². The molecule has 0 aromatic heterocycles. The first kappa shape index (κ1) is 8.08. The number of hydrogen-bond donors (Lipinski definition) is 0. The second-order valence-corrected chi connectivity index (χ2v) is 3.41. The van der Waals surface area contributed by atoms with E-state index in [9.17, 15) is 0 Å². The van der Waals surface area contributed by atoms with Gasteiger partial charge in [0.1, 0.15) is 5.41 Å². The van der Waals surface area contributed by atoms with Crippen LogP contribution in [0.1, 0.15) is 32.6 Å². The molecule has 0 unspecified atom stereocenters. The molecule has 0 aliphatic heterocycles. The van der Waals surface area contributed by atoms with Gasteiger partial charge in [-0.3, -0.25) is 0 Å². The van der Waals surface area contributed by atoms with Gasteiger partial charge in [0.25, 0.3) is 0 Å². The van der Waals surface area contributed by atoms with Gasteiger partial charge in [-0.1, -0.05) is 12.8 Å². The van der Waals surface area contributed by atoms with Gasteiger partial charge < -0.3 is 0 Å². The van der Waals surface area contributed by atoms with Crippen molar-refractivity contribution >= 4 is 0 Å². The molecule has 0 aromatic carbocycles. The second kappa shape index (κ2) is 2.93. The smallest absolute Gasteiger partial charge is 0.143 e. The van der Waals surface area contributed by atoms with Crippen molar-refractivity contribution in [2.24, 2.45) is 11.3 Å². The first-order valence-electron chi connectivity index (χ1n) is 4.05. The maximum absolute atomic E-state index is 8.77. The van der Waals surface area contributed by atoms with Crippen LogP contribution in [0.2, 0.25) is 0 Å². The van der Waals surface area contributed by atoms with Crippen LogP contribution in [-0.2, 0) is 0 Å². The molecule has 1 rings (SSSR count). The molecule has 58 valence electrons. The largest absolute Gasteiger partial charge is 0.197 e. The molecule has 0 saturated heterocycles. The number of rotatable bonds is 1. The summed E-state index contributed by atoms with van der Waals surface area (Å²) in [5.74, 6) is 0.317. The van der Waals surface area contributed by atoms with Crippen molar-refractivity contribution in [3.05, 3.63) is 0 Å². The molecule has 0 spiro atoms. The lowest BCUT2D eigenvalue weighted by atomic mass is 9.79. The van der Waals surface area contributed by atoms with Crippen LogP contribution < -0.4 is 0 Å². The van der Waals surface area contributed by atoms with Crippen molar-refractivity contribution in [2.45, 2.75) is 32.6 Å². The van der Waals surface area contributed by atoms with Gasteiger partial charge in [-0.05, 0) is 25.7 Å². The summed E-state index contributed by atoms with van der Waals surface area (Å²) in [7, 11) is 0. The molecular formula is C9H12N2. The van der Waals surface area contributed by atoms with Crippen LogP contribution in [0.15, 0.2) is 0 Å². The van der Waals surface area contributed by atoms with E-state index in [0.717, 1.165) is 12.8 Å². The minimum absolute atomic E-state index is 0.317. The lowest BCUT2D eigenvalue weighted by Crippen LogP contribution is -2.21. The van der Waals surface area contributed by atoms with E-state index in [4.69, 9.17) is 10.5 Å². The summed E-state index contributed by atoms with van der Waals surface area (Å²) in [5.41, 5.74) is -0.726. The van der Waals surface area contributed by atoms with E-state index >= 15 is 0 Å². The monoisotopic (exact) mass is 148 g/mol. The Labute approximate surface area is 67.4 Å². The third kappa shape index (κ3) is 1.35. The highest BCUT2D eigenvalue weighted by Crippen LogP contribution is 2.38. The van der Waals surface area contributed by atoms with Gasteiger partial charge in [-0.25, -0.2) is 0 Å². The molecule has 1 saturated carbocycles. The van der Waals surface area contributed by atoms with Crippen molar-refractivity contribution in [1.29, 1.82) is 10.5 Å². The molecular weight excluding hydrogens is 136 g/mol. The summed E-state index contributed by atoms with van der Waals surface area (Å²) in [6.07, 6.45) is 4.47. The molecule has 0 atom stereocenters. The highest BCUT2D eigenvalue weighted by Gasteiger charge is 2.36. The average molecular weight is 148 g/mol. The fourth-order valence-electron chi connectivity index (χ4n) is 1.71. The summed E-state index contributed by atoms with van der Waals surface area (Å²) in [6, 6.07) is 4.22. The van der Waals surface area contributed by atoms with Crippen molar-refractivity contribution in [3.63, 3.8) is 0 Å². The van der Waals surface area contributed by atoms with Gasteiger partial charge in [0.15, 0.2) is 0 Å². The highest BCUT2D eigenvalue weighted by atomic mass is 14.4. The standard InChI is InChI=1S/C9H12N2/c1-9(6-10,7-11)8-4-2-3-5-8/h8H,2-5H2,1H3. The van der Waals surface area contributed by atoms with Crippen molar-refractivity contribution in [1.82, 2.24) is 0 Å². The normalized spacial score (nSPS) is 19.2. The highest BCUT2D eigenvalue weighted by molar-refractivity contribution is 5.14. The third-order valence-corrected chi connectivity index (χ3v) is 2.64. The molecule has 0 aromatic rings. The molecule has 1 aliphatic rings. The molecule has 0 amide bonds. The Balaban J connectivity index is 2.72. The predicted octanol–water partition coefficient (Wildman–Crippen LogP) is 2.23. The summed E-state index contributed by atoms with van der Waals surface area (Å²) in [5, 5.41) is 17.5. The van der Waals surface area contributed by atoms with Crippen LogP contribution in [0.5, 0.6) is 0 Å². The summed E-state index contributed by atoms with van der Waals surface area (Å²) in [6.45, 7) is 1.75.